The second-order valence-corrected chi connectivity index (χ2v) is 3.94. The van der Waals surface area contributed by atoms with Crippen molar-refractivity contribution in [2.45, 2.75) is 13.5 Å². The molecule has 2 rings (SSSR count). The van der Waals surface area contributed by atoms with E-state index in [2.05, 4.69) is 15.5 Å². The molecule has 0 aliphatic rings. The number of nitrogens with one attached hydrogen (secondary N) is 2. The molecule has 0 aliphatic heterocycles. The molecule has 0 saturated heterocycles. The Morgan fingerprint density at radius 2 is 2.11 bits per heavy atom. The molecule has 0 bridgehead atoms. The van der Waals surface area contributed by atoms with Gasteiger partial charge in [0.1, 0.15) is 11.5 Å². The highest BCUT2D eigenvalue weighted by atomic mass is 16.5. The smallest absolute Gasteiger partial charge is 0.142 e. The number of benzene rings is 1. The predicted molar refractivity (Wildman–Crippen MR) is 70.2 cm³/mol. The third-order valence-corrected chi connectivity index (χ3v) is 2.81. The quantitative estimate of drug-likeness (QED) is 0.851. The van der Waals surface area contributed by atoms with Crippen LogP contribution in [0.2, 0.25) is 0 Å². The monoisotopic (exact) mass is 247 g/mol. The fourth-order valence-electron chi connectivity index (χ4n) is 1.70. The number of ether oxygens (including phenoxy) is 2. The molecule has 5 heteroatoms. The van der Waals surface area contributed by atoms with Crippen molar-refractivity contribution < 1.29 is 9.47 Å². The van der Waals surface area contributed by atoms with Crippen LogP contribution < -0.4 is 14.8 Å². The van der Waals surface area contributed by atoms with Gasteiger partial charge in [-0.15, -0.1) is 0 Å². The van der Waals surface area contributed by atoms with Gasteiger partial charge in [0.2, 0.25) is 0 Å². The zero-order chi connectivity index (χ0) is 13.0. The van der Waals surface area contributed by atoms with Crippen molar-refractivity contribution in [3.8, 4) is 11.5 Å². The predicted octanol–water partition coefficient (Wildman–Crippen LogP) is 2.35. The maximum Gasteiger partial charge on any atom is 0.142 e. The summed E-state index contributed by atoms with van der Waals surface area (Å²) in [6.45, 7) is 2.68. The van der Waals surface area contributed by atoms with E-state index >= 15 is 0 Å². The molecule has 2 aromatic rings. The van der Waals surface area contributed by atoms with Gasteiger partial charge in [0.15, 0.2) is 0 Å². The molecule has 2 N–H and O–H groups in total. The molecule has 1 heterocycles. The van der Waals surface area contributed by atoms with Gasteiger partial charge in [-0.05, 0) is 19.1 Å². The highest BCUT2D eigenvalue weighted by molar-refractivity contribution is 5.59. The lowest BCUT2D eigenvalue weighted by Crippen LogP contribution is -2.02. The highest BCUT2D eigenvalue weighted by Gasteiger charge is 2.06. The Hall–Kier alpha value is -2.17. The van der Waals surface area contributed by atoms with Gasteiger partial charge in [0.05, 0.1) is 26.1 Å². The second-order valence-electron chi connectivity index (χ2n) is 3.94. The number of H-pyrrole nitrogens is 1. The number of anilines is 1. The topological polar surface area (TPSA) is 59.2 Å². The van der Waals surface area contributed by atoms with Gasteiger partial charge in [-0.1, -0.05) is 0 Å². The molecule has 0 aliphatic carbocycles. The van der Waals surface area contributed by atoms with E-state index in [1.54, 1.807) is 14.2 Å². The third kappa shape index (κ3) is 2.56. The van der Waals surface area contributed by atoms with Crippen LogP contribution in [0, 0.1) is 6.92 Å². The molecular formula is C13H17N3O2. The Morgan fingerprint density at radius 3 is 2.72 bits per heavy atom. The van der Waals surface area contributed by atoms with E-state index in [0.717, 1.165) is 28.4 Å². The summed E-state index contributed by atoms with van der Waals surface area (Å²) < 4.78 is 10.5. The van der Waals surface area contributed by atoms with E-state index in [1.165, 1.54) is 0 Å². The molecule has 0 radical (unpaired) electrons. The van der Waals surface area contributed by atoms with Gasteiger partial charge in [-0.3, -0.25) is 5.10 Å². The third-order valence-electron chi connectivity index (χ3n) is 2.81. The minimum absolute atomic E-state index is 0.686. The number of aromatic amines is 1. The van der Waals surface area contributed by atoms with E-state index < -0.39 is 0 Å². The van der Waals surface area contributed by atoms with Gasteiger partial charge in [-0.2, -0.15) is 5.10 Å². The standard InChI is InChI=1S/C13H17N3O2/c1-9-10(8-15-16-9)7-14-12-6-11(17-2)4-5-13(12)18-3/h4-6,8,14H,7H2,1-3H3,(H,15,16). The average molecular weight is 247 g/mol. The Labute approximate surface area is 106 Å². The number of aryl methyl sites for hydroxylation is 1. The zero-order valence-corrected chi connectivity index (χ0v) is 10.8. The van der Waals surface area contributed by atoms with Crippen molar-refractivity contribution in [2.75, 3.05) is 19.5 Å². The summed E-state index contributed by atoms with van der Waals surface area (Å²) in [5.74, 6) is 1.58. The van der Waals surface area contributed by atoms with Crippen LogP contribution in [0.1, 0.15) is 11.3 Å². The van der Waals surface area contributed by atoms with Crippen molar-refractivity contribution >= 4 is 5.69 Å². The molecule has 0 amide bonds. The van der Waals surface area contributed by atoms with Crippen molar-refractivity contribution in [1.29, 1.82) is 0 Å². The van der Waals surface area contributed by atoms with Crippen molar-refractivity contribution in [3.05, 3.63) is 35.7 Å². The molecule has 96 valence electrons. The summed E-state index contributed by atoms with van der Waals surface area (Å²) in [4.78, 5) is 0. The maximum absolute atomic E-state index is 5.30. The molecule has 0 unspecified atom stereocenters. The number of methoxy groups -OCH3 is 2. The fraction of sp³-hybridized carbons (Fsp3) is 0.308. The van der Waals surface area contributed by atoms with E-state index in [9.17, 15) is 0 Å². The first-order valence-electron chi connectivity index (χ1n) is 5.69. The van der Waals surface area contributed by atoms with E-state index in [-0.39, 0.29) is 0 Å². The minimum atomic E-state index is 0.686. The van der Waals surface area contributed by atoms with Crippen molar-refractivity contribution in [2.24, 2.45) is 0 Å². The normalized spacial score (nSPS) is 10.2. The number of aromatic nitrogens is 2. The zero-order valence-electron chi connectivity index (χ0n) is 10.8. The lowest BCUT2D eigenvalue weighted by atomic mass is 10.2. The van der Waals surface area contributed by atoms with Crippen LogP contribution >= 0.6 is 0 Å². The Kier molecular flexibility index (Phi) is 3.72. The minimum Gasteiger partial charge on any atom is -0.497 e. The molecule has 1 aromatic carbocycles. The summed E-state index contributed by atoms with van der Waals surface area (Å²) in [6.07, 6.45) is 1.81. The van der Waals surface area contributed by atoms with Gasteiger partial charge in [0.25, 0.3) is 0 Å². The molecule has 0 atom stereocenters. The molecule has 0 fully saturated rings. The Bertz CT molecular complexity index is 523. The maximum atomic E-state index is 5.30. The molecular weight excluding hydrogens is 230 g/mol. The van der Waals surface area contributed by atoms with E-state index in [0.29, 0.717) is 6.54 Å². The SMILES string of the molecule is COc1ccc(OC)c(NCc2cn[nH]c2C)c1. The molecule has 0 saturated carbocycles. The summed E-state index contributed by atoms with van der Waals surface area (Å²) in [5, 5.41) is 10.2. The van der Waals surface area contributed by atoms with Crippen LogP contribution in [0.25, 0.3) is 0 Å². The summed E-state index contributed by atoms with van der Waals surface area (Å²) in [5.41, 5.74) is 3.08. The largest absolute Gasteiger partial charge is 0.497 e. The van der Waals surface area contributed by atoms with Gasteiger partial charge in [-0.25, -0.2) is 0 Å². The van der Waals surface area contributed by atoms with E-state index in [4.69, 9.17) is 9.47 Å². The lowest BCUT2D eigenvalue weighted by molar-refractivity contribution is 0.404. The van der Waals surface area contributed by atoms with Crippen LogP contribution in [0.4, 0.5) is 5.69 Å². The van der Waals surface area contributed by atoms with E-state index in [1.807, 2.05) is 31.3 Å². The van der Waals surface area contributed by atoms with Crippen LogP contribution in [-0.4, -0.2) is 24.4 Å². The number of nitrogens with zero attached hydrogens (tertiary/aromatic N) is 1. The number of rotatable bonds is 5. The second kappa shape index (κ2) is 5.44. The first-order chi connectivity index (χ1) is 8.74. The summed E-state index contributed by atoms with van der Waals surface area (Å²) in [7, 11) is 3.29. The summed E-state index contributed by atoms with van der Waals surface area (Å²) >= 11 is 0. The first kappa shape index (κ1) is 12.3. The van der Waals surface area contributed by atoms with Crippen LogP contribution in [0.15, 0.2) is 24.4 Å². The van der Waals surface area contributed by atoms with Crippen LogP contribution in [0.3, 0.4) is 0 Å². The molecule has 1 aromatic heterocycles. The average Bonchev–Trinajstić information content (AvgIpc) is 2.81. The van der Waals surface area contributed by atoms with Crippen molar-refractivity contribution in [1.82, 2.24) is 10.2 Å². The highest BCUT2D eigenvalue weighted by Crippen LogP contribution is 2.29. The van der Waals surface area contributed by atoms with Gasteiger partial charge in [0, 0.05) is 23.9 Å². The molecule has 0 spiro atoms. The fourth-order valence-corrected chi connectivity index (χ4v) is 1.70. The van der Waals surface area contributed by atoms with Gasteiger partial charge >= 0.3 is 0 Å². The van der Waals surface area contributed by atoms with Crippen LogP contribution in [0.5, 0.6) is 11.5 Å². The summed E-state index contributed by atoms with van der Waals surface area (Å²) in [6, 6.07) is 5.66. The van der Waals surface area contributed by atoms with Gasteiger partial charge < -0.3 is 14.8 Å². The van der Waals surface area contributed by atoms with Crippen molar-refractivity contribution in [3.63, 3.8) is 0 Å². The lowest BCUT2D eigenvalue weighted by Gasteiger charge is -2.12. The molecule has 18 heavy (non-hydrogen) atoms. The molecule has 5 nitrogen and oxygen atoms in total. The Balaban J connectivity index is 2.14. The number of hydrogen-bond acceptors (Lipinski definition) is 4. The number of hydrogen-bond donors (Lipinski definition) is 2. The van der Waals surface area contributed by atoms with Crippen LogP contribution in [-0.2, 0) is 6.54 Å². The Morgan fingerprint density at radius 1 is 1.28 bits per heavy atom. The first-order valence-corrected chi connectivity index (χ1v) is 5.69.